The fraction of sp³-hybridized carbons (Fsp3) is 0.947. The van der Waals surface area contributed by atoms with E-state index in [1.165, 1.54) is 58.5 Å². The van der Waals surface area contributed by atoms with Crippen LogP contribution in [0.15, 0.2) is 4.99 Å². The summed E-state index contributed by atoms with van der Waals surface area (Å²) < 4.78 is 5.94. The molecule has 6 nitrogen and oxygen atoms in total. The van der Waals surface area contributed by atoms with Gasteiger partial charge in [0.2, 0.25) is 0 Å². The Balaban J connectivity index is 1.32. The highest BCUT2D eigenvalue weighted by atomic mass is 16.5. The highest BCUT2D eigenvalue weighted by Gasteiger charge is 2.41. The van der Waals surface area contributed by atoms with Crippen LogP contribution in [0.1, 0.15) is 46.0 Å². The number of hydrogen-bond donors (Lipinski definition) is 2. The molecule has 3 heterocycles. The van der Waals surface area contributed by atoms with E-state index in [9.17, 15) is 0 Å². The minimum absolute atomic E-state index is 0.399. The predicted molar refractivity (Wildman–Crippen MR) is 103 cm³/mol. The number of guanidine groups is 1. The van der Waals surface area contributed by atoms with Crippen molar-refractivity contribution in [3.8, 4) is 0 Å². The number of ether oxygens (including phenoxy) is 1. The average Bonchev–Trinajstić information content (AvgIpc) is 3.25. The number of piperazine rings is 1. The molecule has 6 heteroatoms. The van der Waals surface area contributed by atoms with Crippen molar-refractivity contribution >= 4 is 5.96 Å². The second-order valence-corrected chi connectivity index (χ2v) is 7.60. The summed E-state index contributed by atoms with van der Waals surface area (Å²) in [4.78, 5) is 9.92. The first-order valence-electron chi connectivity index (χ1n) is 10.4. The van der Waals surface area contributed by atoms with Crippen LogP contribution in [0.5, 0.6) is 0 Å². The van der Waals surface area contributed by atoms with Gasteiger partial charge in [-0.05, 0) is 52.1 Å². The topological polar surface area (TPSA) is 52.1 Å². The van der Waals surface area contributed by atoms with Gasteiger partial charge in [0.05, 0.1) is 18.2 Å². The van der Waals surface area contributed by atoms with Gasteiger partial charge in [-0.1, -0.05) is 6.92 Å². The molecule has 3 unspecified atom stereocenters. The molecule has 25 heavy (non-hydrogen) atoms. The van der Waals surface area contributed by atoms with Crippen LogP contribution in [-0.4, -0.2) is 86.4 Å². The maximum atomic E-state index is 5.94. The molecule has 0 aromatic carbocycles. The van der Waals surface area contributed by atoms with Gasteiger partial charge >= 0.3 is 0 Å². The van der Waals surface area contributed by atoms with E-state index in [0.29, 0.717) is 18.2 Å². The Labute approximate surface area is 153 Å². The molecule has 3 aliphatic rings. The van der Waals surface area contributed by atoms with Crippen molar-refractivity contribution in [3.63, 3.8) is 0 Å². The number of nitrogens with one attached hydrogen (secondary N) is 2. The maximum Gasteiger partial charge on any atom is 0.191 e. The molecule has 3 fully saturated rings. The number of fused-ring (bicyclic) bond motifs is 2. The maximum absolute atomic E-state index is 5.94. The van der Waals surface area contributed by atoms with Gasteiger partial charge in [-0.2, -0.15) is 0 Å². The Bertz CT molecular complexity index is 422. The number of unbranched alkanes of at least 4 members (excludes halogenated alkanes) is 1. The van der Waals surface area contributed by atoms with Crippen LogP contribution in [-0.2, 0) is 4.74 Å². The van der Waals surface area contributed by atoms with E-state index in [2.05, 4.69) is 34.3 Å². The average molecular weight is 352 g/mol. The molecule has 3 atom stereocenters. The van der Waals surface area contributed by atoms with Gasteiger partial charge in [-0.15, -0.1) is 0 Å². The molecule has 2 N–H and O–H groups in total. The van der Waals surface area contributed by atoms with Crippen LogP contribution in [0.3, 0.4) is 0 Å². The Morgan fingerprint density at radius 1 is 1.08 bits per heavy atom. The summed E-state index contributed by atoms with van der Waals surface area (Å²) in [7, 11) is 0. The van der Waals surface area contributed by atoms with Gasteiger partial charge < -0.3 is 25.2 Å². The lowest BCUT2D eigenvalue weighted by Crippen LogP contribution is -2.47. The summed E-state index contributed by atoms with van der Waals surface area (Å²) in [6.07, 6.45) is 6.87. The van der Waals surface area contributed by atoms with Crippen LogP contribution in [0.2, 0.25) is 0 Å². The van der Waals surface area contributed by atoms with Crippen LogP contribution in [0, 0.1) is 0 Å². The van der Waals surface area contributed by atoms with Crippen molar-refractivity contribution < 1.29 is 4.74 Å². The van der Waals surface area contributed by atoms with E-state index < -0.39 is 0 Å². The largest absolute Gasteiger partial charge is 0.373 e. The summed E-state index contributed by atoms with van der Waals surface area (Å²) in [6.45, 7) is 13.5. The van der Waals surface area contributed by atoms with Crippen molar-refractivity contribution in [2.75, 3.05) is 52.4 Å². The van der Waals surface area contributed by atoms with Crippen LogP contribution >= 0.6 is 0 Å². The summed E-state index contributed by atoms with van der Waals surface area (Å²) in [6, 6.07) is 0.450. The van der Waals surface area contributed by atoms with E-state index in [1.807, 2.05) is 0 Å². The fourth-order valence-electron chi connectivity index (χ4n) is 4.25. The third kappa shape index (κ3) is 5.56. The highest BCUT2D eigenvalue weighted by Crippen LogP contribution is 2.34. The highest BCUT2D eigenvalue weighted by molar-refractivity contribution is 5.80. The molecule has 0 amide bonds. The third-order valence-electron chi connectivity index (χ3n) is 5.84. The second kappa shape index (κ2) is 9.74. The molecule has 3 rings (SSSR count). The zero-order valence-electron chi connectivity index (χ0n) is 16.2. The van der Waals surface area contributed by atoms with Crippen LogP contribution < -0.4 is 10.6 Å². The molecule has 0 aliphatic carbocycles. The number of aliphatic imine (C=N–C) groups is 1. The number of hydrogen-bond acceptors (Lipinski definition) is 4. The molecule has 0 saturated carbocycles. The van der Waals surface area contributed by atoms with E-state index in [0.717, 1.165) is 31.9 Å². The smallest absolute Gasteiger partial charge is 0.191 e. The molecule has 3 aliphatic heterocycles. The van der Waals surface area contributed by atoms with Gasteiger partial charge in [0.25, 0.3) is 0 Å². The fourth-order valence-corrected chi connectivity index (χ4v) is 4.25. The molecule has 0 spiro atoms. The van der Waals surface area contributed by atoms with Crippen molar-refractivity contribution in [1.82, 2.24) is 20.4 Å². The van der Waals surface area contributed by atoms with Crippen molar-refractivity contribution in [2.24, 2.45) is 4.99 Å². The van der Waals surface area contributed by atoms with E-state index in [1.54, 1.807) is 0 Å². The number of likely N-dealkylation sites (N-methyl/N-ethyl adjacent to an activating group) is 1. The minimum atomic E-state index is 0.399. The molecule has 0 aromatic heterocycles. The summed E-state index contributed by atoms with van der Waals surface area (Å²) in [5, 5.41) is 6.99. The zero-order valence-corrected chi connectivity index (χ0v) is 16.2. The molecule has 3 saturated heterocycles. The SMILES string of the molecule is CCNC(=NCCCCN1CCN(CC)CC1)NC1CC2CCC1O2. The summed E-state index contributed by atoms with van der Waals surface area (Å²) in [5.74, 6) is 0.972. The van der Waals surface area contributed by atoms with Crippen LogP contribution in [0.4, 0.5) is 0 Å². The lowest BCUT2D eigenvalue weighted by atomic mass is 9.96. The van der Waals surface area contributed by atoms with Crippen molar-refractivity contribution in [3.05, 3.63) is 0 Å². The Morgan fingerprint density at radius 2 is 1.88 bits per heavy atom. The van der Waals surface area contributed by atoms with E-state index >= 15 is 0 Å². The molecule has 0 aromatic rings. The third-order valence-corrected chi connectivity index (χ3v) is 5.84. The molecule has 2 bridgehead atoms. The summed E-state index contributed by atoms with van der Waals surface area (Å²) in [5.41, 5.74) is 0. The molecular formula is C19H37N5O. The Morgan fingerprint density at radius 3 is 2.52 bits per heavy atom. The van der Waals surface area contributed by atoms with Gasteiger partial charge in [0.15, 0.2) is 5.96 Å². The standard InChI is InChI=1S/C19H37N5O/c1-3-20-19(22-17-15-16-7-8-18(17)25-16)21-9-5-6-10-24-13-11-23(4-2)12-14-24/h16-18H,3-15H2,1-2H3,(H2,20,21,22). The van der Waals surface area contributed by atoms with Crippen molar-refractivity contribution in [1.29, 1.82) is 0 Å². The molecular weight excluding hydrogens is 314 g/mol. The lowest BCUT2D eigenvalue weighted by molar-refractivity contribution is 0.0992. The van der Waals surface area contributed by atoms with Gasteiger partial charge in [-0.25, -0.2) is 0 Å². The van der Waals surface area contributed by atoms with Crippen molar-refractivity contribution in [2.45, 2.75) is 64.2 Å². The quantitative estimate of drug-likeness (QED) is 0.392. The first-order valence-corrected chi connectivity index (χ1v) is 10.4. The minimum Gasteiger partial charge on any atom is -0.373 e. The van der Waals surface area contributed by atoms with Gasteiger partial charge in [-0.3, -0.25) is 4.99 Å². The zero-order chi connectivity index (χ0) is 17.5. The summed E-state index contributed by atoms with van der Waals surface area (Å²) >= 11 is 0. The lowest BCUT2D eigenvalue weighted by Gasteiger charge is -2.33. The Kier molecular flexibility index (Phi) is 7.37. The predicted octanol–water partition coefficient (Wildman–Crippen LogP) is 1.28. The normalized spacial score (nSPS) is 30.8. The number of rotatable bonds is 8. The number of nitrogens with zero attached hydrogens (tertiary/aromatic N) is 3. The van der Waals surface area contributed by atoms with E-state index in [4.69, 9.17) is 9.73 Å². The van der Waals surface area contributed by atoms with Gasteiger partial charge in [0, 0.05) is 39.3 Å². The van der Waals surface area contributed by atoms with Gasteiger partial charge in [0.1, 0.15) is 0 Å². The first kappa shape index (κ1) is 18.9. The van der Waals surface area contributed by atoms with Crippen LogP contribution in [0.25, 0.3) is 0 Å². The van der Waals surface area contributed by atoms with E-state index in [-0.39, 0.29) is 0 Å². The molecule has 144 valence electrons. The Hall–Kier alpha value is -0.850. The monoisotopic (exact) mass is 351 g/mol. The molecule has 0 radical (unpaired) electrons. The second-order valence-electron chi connectivity index (χ2n) is 7.60. The first-order chi connectivity index (χ1) is 12.3.